The number of carbonyl (C=O) groups excluding carboxylic acids is 1. The highest BCUT2D eigenvalue weighted by Crippen LogP contribution is 2.33. The summed E-state index contributed by atoms with van der Waals surface area (Å²) >= 11 is 0. The van der Waals surface area contributed by atoms with Crippen LogP contribution in [0.3, 0.4) is 0 Å². The van der Waals surface area contributed by atoms with Crippen molar-refractivity contribution in [1.29, 1.82) is 0 Å². The Bertz CT molecular complexity index is 1040. The van der Waals surface area contributed by atoms with Crippen LogP contribution < -0.4 is 4.74 Å². The van der Waals surface area contributed by atoms with Crippen LogP contribution in [0, 0.1) is 11.8 Å². The molecule has 1 heterocycles. The van der Waals surface area contributed by atoms with Gasteiger partial charge in [0, 0.05) is 13.0 Å². The van der Waals surface area contributed by atoms with Crippen molar-refractivity contribution in [2.75, 3.05) is 13.7 Å². The third-order valence-corrected chi connectivity index (χ3v) is 6.92. The molecule has 5 nitrogen and oxygen atoms in total. The van der Waals surface area contributed by atoms with Crippen LogP contribution in [-0.2, 0) is 22.5 Å². The van der Waals surface area contributed by atoms with Crippen LogP contribution in [0.15, 0.2) is 48.5 Å². The second-order valence-corrected chi connectivity index (χ2v) is 9.16. The SMILES string of the molecule is CCCCc1nc2ccccc2n1Cc1ccc(OCCC2CCCCC2C(=O)OC)cc1. The molecule has 4 rings (SSSR count). The number of carbonyl (C=O) groups is 1. The summed E-state index contributed by atoms with van der Waals surface area (Å²) in [5.41, 5.74) is 3.49. The van der Waals surface area contributed by atoms with Crippen LogP contribution >= 0.6 is 0 Å². The van der Waals surface area contributed by atoms with Gasteiger partial charge in [-0.05, 0) is 61.4 Å². The molecule has 176 valence electrons. The van der Waals surface area contributed by atoms with Crippen molar-refractivity contribution in [3.05, 3.63) is 59.9 Å². The van der Waals surface area contributed by atoms with Crippen LogP contribution in [0.5, 0.6) is 5.75 Å². The van der Waals surface area contributed by atoms with Crippen molar-refractivity contribution < 1.29 is 14.3 Å². The molecule has 0 N–H and O–H groups in total. The molecule has 0 amide bonds. The molecule has 3 aromatic rings. The normalized spacial score (nSPS) is 18.4. The molecule has 5 heteroatoms. The van der Waals surface area contributed by atoms with Crippen LogP contribution in [0.4, 0.5) is 0 Å². The molecule has 1 aliphatic carbocycles. The van der Waals surface area contributed by atoms with Crippen molar-refractivity contribution in [2.24, 2.45) is 11.8 Å². The summed E-state index contributed by atoms with van der Waals surface area (Å²) < 4.78 is 13.4. The first-order valence-electron chi connectivity index (χ1n) is 12.4. The zero-order valence-corrected chi connectivity index (χ0v) is 20.0. The largest absolute Gasteiger partial charge is 0.494 e. The molecule has 0 aliphatic heterocycles. The molecule has 1 fully saturated rings. The zero-order chi connectivity index (χ0) is 23.0. The number of rotatable bonds is 10. The molecule has 1 saturated carbocycles. The maximum absolute atomic E-state index is 12.1. The third kappa shape index (κ3) is 5.76. The molecule has 2 unspecified atom stereocenters. The molecule has 2 aromatic carbocycles. The van der Waals surface area contributed by atoms with E-state index in [4.69, 9.17) is 14.5 Å². The number of aromatic nitrogens is 2. The maximum Gasteiger partial charge on any atom is 0.308 e. The number of hydrogen-bond donors (Lipinski definition) is 0. The average molecular weight is 449 g/mol. The Labute approximate surface area is 197 Å². The minimum Gasteiger partial charge on any atom is -0.494 e. The number of hydrogen-bond acceptors (Lipinski definition) is 4. The van der Waals surface area contributed by atoms with Crippen molar-refractivity contribution in [3.8, 4) is 5.75 Å². The predicted molar refractivity (Wildman–Crippen MR) is 131 cm³/mol. The summed E-state index contributed by atoms with van der Waals surface area (Å²) in [7, 11) is 1.49. The highest BCUT2D eigenvalue weighted by Gasteiger charge is 2.31. The van der Waals surface area contributed by atoms with Gasteiger partial charge in [-0.1, -0.05) is 50.5 Å². The average Bonchev–Trinajstić information content (AvgIpc) is 3.20. The van der Waals surface area contributed by atoms with Gasteiger partial charge in [0.05, 0.1) is 30.7 Å². The zero-order valence-electron chi connectivity index (χ0n) is 20.0. The number of unbranched alkanes of at least 4 members (excludes halogenated alkanes) is 1. The van der Waals surface area contributed by atoms with Gasteiger partial charge in [0.25, 0.3) is 0 Å². The van der Waals surface area contributed by atoms with E-state index in [1.165, 1.54) is 24.6 Å². The second kappa shape index (κ2) is 11.4. The first-order chi connectivity index (χ1) is 16.2. The third-order valence-electron chi connectivity index (χ3n) is 6.92. The Morgan fingerprint density at radius 3 is 2.67 bits per heavy atom. The van der Waals surface area contributed by atoms with E-state index >= 15 is 0 Å². The van der Waals surface area contributed by atoms with Gasteiger partial charge in [0.15, 0.2) is 0 Å². The number of fused-ring (bicyclic) bond motifs is 1. The number of ether oxygens (including phenoxy) is 2. The Kier molecular flexibility index (Phi) is 8.03. The standard InChI is InChI=1S/C28H36N2O3/c1-3-4-13-27-29-25-11-7-8-12-26(25)30(27)20-21-14-16-23(17-15-21)33-19-18-22-9-5-6-10-24(22)28(31)32-2/h7-8,11-12,14-17,22,24H,3-6,9-10,13,18-20H2,1-2H3. The Balaban J connectivity index is 1.37. The number of aryl methyl sites for hydroxylation is 1. The smallest absolute Gasteiger partial charge is 0.308 e. The van der Waals surface area contributed by atoms with Crippen LogP contribution in [0.25, 0.3) is 11.0 Å². The molecule has 0 bridgehead atoms. The van der Waals surface area contributed by atoms with E-state index in [0.717, 1.165) is 68.6 Å². The minimum atomic E-state index is -0.0608. The van der Waals surface area contributed by atoms with E-state index in [9.17, 15) is 4.79 Å². The fourth-order valence-corrected chi connectivity index (χ4v) is 5.04. The lowest BCUT2D eigenvalue weighted by Gasteiger charge is -2.29. The van der Waals surface area contributed by atoms with Gasteiger partial charge in [-0.25, -0.2) is 4.98 Å². The summed E-state index contributed by atoms with van der Waals surface area (Å²) in [5, 5.41) is 0. The lowest BCUT2D eigenvalue weighted by molar-refractivity contribution is -0.148. The molecule has 1 aromatic heterocycles. The topological polar surface area (TPSA) is 53.4 Å². The number of imidazole rings is 1. The highest BCUT2D eigenvalue weighted by atomic mass is 16.5. The molecule has 33 heavy (non-hydrogen) atoms. The summed E-state index contributed by atoms with van der Waals surface area (Å²) in [6, 6.07) is 16.8. The lowest BCUT2D eigenvalue weighted by Crippen LogP contribution is -2.29. The molecule has 0 spiro atoms. The molecular formula is C28H36N2O3. The van der Waals surface area contributed by atoms with Gasteiger partial charge in [-0.15, -0.1) is 0 Å². The fraction of sp³-hybridized carbons (Fsp3) is 0.500. The Morgan fingerprint density at radius 1 is 1.09 bits per heavy atom. The molecule has 1 aliphatic rings. The van der Waals surface area contributed by atoms with E-state index < -0.39 is 0 Å². The van der Waals surface area contributed by atoms with Gasteiger partial charge in [0.2, 0.25) is 0 Å². The molecule has 0 saturated heterocycles. The summed E-state index contributed by atoms with van der Waals surface area (Å²) in [6.45, 7) is 3.66. The van der Waals surface area contributed by atoms with E-state index in [0.29, 0.717) is 12.5 Å². The first-order valence-corrected chi connectivity index (χ1v) is 12.4. The summed E-state index contributed by atoms with van der Waals surface area (Å²) in [5.74, 6) is 2.37. The van der Waals surface area contributed by atoms with Gasteiger partial charge in [0.1, 0.15) is 11.6 Å². The van der Waals surface area contributed by atoms with E-state index in [1.807, 2.05) is 0 Å². The van der Waals surface area contributed by atoms with Crippen LogP contribution in [0.2, 0.25) is 0 Å². The van der Waals surface area contributed by atoms with Gasteiger partial charge in [-0.3, -0.25) is 4.79 Å². The predicted octanol–water partition coefficient (Wildman–Crippen LogP) is 6.18. The molecule has 0 radical (unpaired) electrons. The first kappa shape index (κ1) is 23.3. The van der Waals surface area contributed by atoms with E-state index in [1.54, 1.807) is 0 Å². The molecular weight excluding hydrogens is 412 g/mol. The fourth-order valence-electron chi connectivity index (χ4n) is 5.04. The Hall–Kier alpha value is -2.82. The van der Waals surface area contributed by atoms with Crippen molar-refractivity contribution in [3.63, 3.8) is 0 Å². The highest BCUT2D eigenvalue weighted by molar-refractivity contribution is 5.76. The summed E-state index contributed by atoms with van der Waals surface area (Å²) in [6.07, 6.45) is 8.53. The maximum atomic E-state index is 12.1. The number of para-hydroxylation sites is 2. The monoisotopic (exact) mass is 448 g/mol. The number of nitrogens with zero attached hydrogens (tertiary/aromatic N) is 2. The van der Waals surface area contributed by atoms with Crippen LogP contribution in [0.1, 0.15) is 63.3 Å². The second-order valence-electron chi connectivity index (χ2n) is 9.16. The van der Waals surface area contributed by atoms with Crippen molar-refractivity contribution in [2.45, 2.75) is 64.8 Å². The van der Waals surface area contributed by atoms with E-state index in [-0.39, 0.29) is 11.9 Å². The van der Waals surface area contributed by atoms with Crippen molar-refractivity contribution in [1.82, 2.24) is 9.55 Å². The van der Waals surface area contributed by atoms with Gasteiger partial charge < -0.3 is 14.0 Å². The van der Waals surface area contributed by atoms with Crippen LogP contribution in [-0.4, -0.2) is 29.2 Å². The van der Waals surface area contributed by atoms with E-state index in [2.05, 4.69) is 60.0 Å². The minimum absolute atomic E-state index is 0.0293. The number of benzene rings is 2. The van der Waals surface area contributed by atoms with Gasteiger partial charge >= 0.3 is 5.97 Å². The Morgan fingerprint density at radius 2 is 1.88 bits per heavy atom. The molecule has 2 atom stereocenters. The summed E-state index contributed by atoms with van der Waals surface area (Å²) in [4.78, 5) is 17.0. The van der Waals surface area contributed by atoms with Crippen molar-refractivity contribution >= 4 is 17.0 Å². The van der Waals surface area contributed by atoms with Gasteiger partial charge in [-0.2, -0.15) is 0 Å². The lowest BCUT2D eigenvalue weighted by atomic mass is 9.77. The number of methoxy groups -OCH3 is 1. The number of esters is 1. The quantitative estimate of drug-likeness (QED) is 0.348.